The van der Waals surface area contributed by atoms with Crippen LogP contribution in [0.1, 0.15) is 17.3 Å². The monoisotopic (exact) mass is 243 g/mol. The van der Waals surface area contributed by atoms with Crippen LogP contribution in [0.2, 0.25) is 0 Å². The molecular weight excluding hydrogens is 229 g/mol. The summed E-state index contributed by atoms with van der Waals surface area (Å²) in [7, 11) is 0. The number of amides is 1. The third-order valence-corrected chi connectivity index (χ3v) is 2.66. The minimum atomic E-state index is -0.252. The Labute approximate surface area is 105 Å². The van der Waals surface area contributed by atoms with Gasteiger partial charge in [0.2, 0.25) is 0 Å². The van der Waals surface area contributed by atoms with Crippen molar-refractivity contribution in [2.75, 3.05) is 6.54 Å². The number of nitrogens with one attached hydrogen (secondary N) is 1. The molecule has 2 aromatic carbocycles. The summed E-state index contributed by atoms with van der Waals surface area (Å²) in [6, 6.07) is 13.5. The molecule has 2 aromatic rings. The van der Waals surface area contributed by atoms with Crippen molar-refractivity contribution in [3.8, 4) is 11.1 Å². The van der Waals surface area contributed by atoms with Crippen LogP contribution >= 0.6 is 0 Å². The smallest absolute Gasteiger partial charge is 0.251 e. The molecule has 0 saturated heterocycles. The number of rotatable bonds is 3. The Morgan fingerprint density at radius 1 is 1.00 bits per heavy atom. The van der Waals surface area contributed by atoms with Gasteiger partial charge in [-0.2, -0.15) is 0 Å². The molecule has 18 heavy (non-hydrogen) atoms. The lowest BCUT2D eigenvalue weighted by atomic mass is 10.0. The van der Waals surface area contributed by atoms with Crippen LogP contribution in [0.3, 0.4) is 0 Å². The maximum Gasteiger partial charge on any atom is 0.251 e. The highest BCUT2D eigenvalue weighted by Crippen LogP contribution is 2.20. The molecule has 0 saturated carbocycles. The van der Waals surface area contributed by atoms with Gasteiger partial charge in [-0.05, 0) is 42.3 Å². The Morgan fingerprint density at radius 2 is 1.50 bits per heavy atom. The molecule has 0 fully saturated rings. The maximum absolute atomic E-state index is 12.8. The molecule has 3 heteroatoms. The first-order valence-corrected chi connectivity index (χ1v) is 5.85. The standard InChI is InChI=1S/C15H14FNO/c1-2-17-15(18)13-5-3-11(4-6-13)12-7-9-14(16)10-8-12/h3-10H,2H2,1H3,(H,17,18). The highest BCUT2D eigenvalue weighted by atomic mass is 19.1. The molecule has 0 heterocycles. The van der Waals surface area contributed by atoms with Gasteiger partial charge in [0.15, 0.2) is 0 Å². The van der Waals surface area contributed by atoms with Gasteiger partial charge < -0.3 is 5.32 Å². The van der Waals surface area contributed by atoms with Crippen molar-refractivity contribution >= 4 is 5.91 Å². The van der Waals surface area contributed by atoms with Crippen molar-refractivity contribution in [1.82, 2.24) is 5.32 Å². The fourth-order valence-corrected chi connectivity index (χ4v) is 1.72. The van der Waals surface area contributed by atoms with E-state index in [9.17, 15) is 9.18 Å². The average Bonchev–Trinajstić information content (AvgIpc) is 2.40. The van der Waals surface area contributed by atoms with Gasteiger partial charge in [-0.3, -0.25) is 4.79 Å². The molecule has 2 rings (SSSR count). The molecule has 0 aliphatic carbocycles. The molecule has 92 valence electrons. The van der Waals surface area contributed by atoms with Gasteiger partial charge in [0.1, 0.15) is 5.82 Å². The van der Waals surface area contributed by atoms with Gasteiger partial charge in [0.05, 0.1) is 0 Å². The van der Waals surface area contributed by atoms with Crippen molar-refractivity contribution in [2.24, 2.45) is 0 Å². The molecule has 0 spiro atoms. The molecule has 0 radical (unpaired) electrons. The molecule has 1 N–H and O–H groups in total. The van der Waals surface area contributed by atoms with Crippen molar-refractivity contribution < 1.29 is 9.18 Å². The zero-order valence-corrected chi connectivity index (χ0v) is 10.1. The van der Waals surface area contributed by atoms with Crippen LogP contribution in [0.4, 0.5) is 4.39 Å². The van der Waals surface area contributed by atoms with E-state index in [4.69, 9.17) is 0 Å². The highest BCUT2D eigenvalue weighted by Gasteiger charge is 2.04. The van der Waals surface area contributed by atoms with Gasteiger partial charge in [-0.1, -0.05) is 24.3 Å². The summed E-state index contributed by atoms with van der Waals surface area (Å²) in [6.45, 7) is 2.49. The number of hydrogen-bond acceptors (Lipinski definition) is 1. The molecule has 0 aliphatic rings. The van der Waals surface area contributed by atoms with Crippen molar-refractivity contribution in [3.05, 3.63) is 59.9 Å². The second kappa shape index (κ2) is 5.45. The first-order valence-electron chi connectivity index (χ1n) is 5.85. The number of benzene rings is 2. The van der Waals surface area contributed by atoms with E-state index in [2.05, 4.69) is 5.32 Å². The first kappa shape index (κ1) is 12.3. The third kappa shape index (κ3) is 2.74. The van der Waals surface area contributed by atoms with Gasteiger partial charge in [0.25, 0.3) is 5.91 Å². The van der Waals surface area contributed by atoms with E-state index in [0.717, 1.165) is 11.1 Å². The molecule has 0 unspecified atom stereocenters. The summed E-state index contributed by atoms with van der Waals surface area (Å²) in [5, 5.41) is 2.74. The van der Waals surface area contributed by atoms with Gasteiger partial charge in [-0.25, -0.2) is 4.39 Å². The molecule has 1 amide bonds. The summed E-state index contributed by atoms with van der Waals surface area (Å²) in [5.41, 5.74) is 2.52. The minimum Gasteiger partial charge on any atom is -0.352 e. The SMILES string of the molecule is CCNC(=O)c1ccc(-c2ccc(F)cc2)cc1. The normalized spacial score (nSPS) is 10.1. The van der Waals surface area contributed by atoms with E-state index < -0.39 is 0 Å². The Balaban J connectivity index is 2.22. The topological polar surface area (TPSA) is 29.1 Å². The number of carbonyl (C=O) groups excluding carboxylic acids is 1. The van der Waals surface area contributed by atoms with Gasteiger partial charge in [-0.15, -0.1) is 0 Å². The predicted octanol–water partition coefficient (Wildman–Crippen LogP) is 3.24. The lowest BCUT2D eigenvalue weighted by molar-refractivity contribution is 0.0956. The molecule has 0 atom stereocenters. The summed E-state index contributed by atoms with van der Waals surface area (Å²) >= 11 is 0. The van der Waals surface area contributed by atoms with E-state index in [1.54, 1.807) is 24.3 Å². The largest absolute Gasteiger partial charge is 0.352 e. The number of carbonyl (C=O) groups is 1. The second-order valence-corrected chi connectivity index (χ2v) is 3.94. The maximum atomic E-state index is 12.8. The number of halogens is 1. The Bertz CT molecular complexity index is 531. The second-order valence-electron chi connectivity index (χ2n) is 3.94. The Kier molecular flexibility index (Phi) is 3.72. The van der Waals surface area contributed by atoms with E-state index in [1.165, 1.54) is 12.1 Å². The Hall–Kier alpha value is -2.16. The summed E-state index contributed by atoms with van der Waals surface area (Å²) < 4.78 is 12.8. The van der Waals surface area contributed by atoms with Crippen molar-refractivity contribution in [3.63, 3.8) is 0 Å². The average molecular weight is 243 g/mol. The van der Waals surface area contributed by atoms with Crippen molar-refractivity contribution in [2.45, 2.75) is 6.92 Å². The van der Waals surface area contributed by atoms with Gasteiger partial charge in [0, 0.05) is 12.1 Å². The summed E-state index contributed by atoms with van der Waals surface area (Å²) in [6.07, 6.45) is 0. The fraction of sp³-hybridized carbons (Fsp3) is 0.133. The van der Waals surface area contributed by atoms with Crippen LogP contribution in [0, 0.1) is 5.82 Å². The third-order valence-electron chi connectivity index (χ3n) is 2.66. The van der Waals surface area contributed by atoms with E-state index >= 15 is 0 Å². The Morgan fingerprint density at radius 3 is 2.00 bits per heavy atom. The van der Waals surface area contributed by atoms with Crippen LogP contribution in [-0.2, 0) is 0 Å². The van der Waals surface area contributed by atoms with Crippen LogP contribution in [-0.4, -0.2) is 12.5 Å². The van der Waals surface area contributed by atoms with Crippen molar-refractivity contribution in [1.29, 1.82) is 0 Å². The molecular formula is C15H14FNO. The summed E-state index contributed by atoms with van der Waals surface area (Å²) in [5.74, 6) is -0.333. The minimum absolute atomic E-state index is 0.0804. The fourth-order valence-electron chi connectivity index (χ4n) is 1.72. The van der Waals surface area contributed by atoms with E-state index in [1.807, 2.05) is 19.1 Å². The lowest BCUT2D eigenvalue weighted by Crippen LogP contribution is -2.22. The quantitative estimate of drug-likeness (QED) is 0.881. The molecule has 0 bridgehead atoms. The molecule has 0 aromatic heterocycles. The van der Waals surface area contributed by atoms with Gasteiger partial charge >= 0.3 is 0 Å². The molecule has 2 nitrogen and oxygen atoms in total. The van der Waals surface area contributed by atoms with Crippen LogP contribution in [0.15, 0.2) is 48.5 Å². The van der Waals surface area contributed by atoms with E-state index in [-0.39, 0.29) is 11.7 Å². The predicted molar refractivity (Wildman–Crippen MR) is 69.8 cm³/mol. The molecule has 0 aliphatic heterocycles. The highest BCUT2D eigenvalue weighted by molar-refractivity contribution is 5.94. The first-order chi connectivity index (χ1) is 8.70. The van der Waals surface area contributed by atoms with Crippen LogP contribution < -0.4 is 5.32 Å². The summed E-state index contributed by atoms with van der Waals surface area (Å²) in [4.78, 5) is 11.6. The van der Waals surface area contributed by atoms with Crippen LogP contribution in [0.25, 0.3) is 11.1 Å². The zero-order valence-electron chi connectivity index (χ0n) is 10.1. The number of hydrogen-bond donors (Lipinski definition) is 1. The van der Waals surface area contributed by atoms with Crippen LogP contribution in [0.5, 0.6) is 0 Å². The van der Waals surface area contributed by atoms with E-state index in [0.29, 0.717) is 12.1 Å². The lowest BCUT2D eigenvalue weighted by Gasteiger charge is -2.04. The zero-order chi connectivity index (χ0) is 13.0.